The van der Waals surface area contributed by atoms with E-state index in [1.54, 1.807) is 6.92 Å². The number of hydrogen-bond donors (Lipinski definition) is 0. The van der Waals surface area contributed by atoms with Gasteiger partial charge < -0.3 is 0 Å². The highest BCUT2D eigenvalue weighted by molar-refractivity contribution is 6.35. The van der Waals surface area contributed by atoms with E-state index in [0.717, 1.165) is 0 Å². The van der Waals surface area contributed by atoms with E-state index in [1.807, 2.05) is 0 Å². The molecule has 0 heterocycles. The summed E-state index contributed by atoms with van der Waals surface area (Å²) in [6.07, 6.45) is 0. The van der Waals surface area contributed by atoms with Crippen molar-refractivity contribution in [3.05, 3.63) is 37.9 Å². The maximum absolute atomic E-state index is 10.4. The average Bonchev–Trinajstić information content (AvgIpc) is 1.96. The Kier molecular flexibility index (Phi) is 2.55. The molecule has 5 heteroatoms. The molecule has 0 N–H and O–H groups in total. The molecule has 1 aromatic carbocycles. The summed E-state index contributed by atoms with van der Waals surface area (Å²) in [6, 6.07) is 2.76. The topological polar surface area (TPSA) is 43.1 Å². The Hall–Kier alpha value is -0.800. The van der Waals surface area contributed by atoms with Gasteiger partial charge in [0.25, 0.3) is 5.69 Å². The number of nitro groups is 1. The van der Waals surface area contributed by atoms with Gasteiger partial charge in [-0.25, -0.2) is 0 Å². The molecular formula is C7H5Cl2NO2. The number of halogens is 2. The fourth-order valence-electron chi connectivity index (χ4n) is 0.822. The van der Waals surface area contributed by atoms with Crippen LogP contribution in [0.4, 0.5) is 5.69 Å². The van der Waals surface area contributed by atoms with E-state index >= 15 is 0 Å². The van der Waals surface area contributed by atoms with Crippen molar-refractivity contribution < 1.29 is 4.92 Å². The molecule has 1 rings (SSSR count). The van der Waals surface area contributed by atoms with Crippen molar-refractivity contribution in [1.29, 1.82) is 0 Å². The zero-order chi connectivity index (χ0) is 9.30. The molecule has 0 saturated heterocycles. The van der Waals surface area contributed by atoms with Gasteiger partial charge in [0, 0.05) is 16.7 Å². The smallest absolute Gasteiger partial charge is 0.258 e. The largest absolute Gasteiger partial charge is 0.275 e. The van der Waals surface area contributed by atoms with Crippen molar-refractivity contribution in [2.45, 2.75) is 6.92 Å². The van der Waals surface area contributed by atoms with Crippen molar-refractivity contribution in [2.75, 3.05) is 0 Å². The zero-order valence-electron chi connectivity index (χ0n) is 6.17. The summed E-state index contributed by atoms with van der Waals surface area (Å²) in [5.41, 5.74) is 0.388. The predicted molar refractivity (Wildman–Crippen MR) is 47.9 cm³/mol. The minimum Gasteiger partial charge on any atom is -0.258 e. The molecule has 12 heavy (non-hydrogen) atoms. The monoisotopic (exact) mass is 205 g/mol. The lowest BCUT2D eigenvalue weighted by Crippen LogP contribution is -1.91. The predicted octanol–water partition coefficient (Wildman–Crippen LogP) is 3.21. The van der Waals surface area contributed by atoms with Gasteiger partial charge in [-0.15, -0.1) is 0 Å². The second-order valence-corrected chi connectivity index (χ2v) is 3.13. The van der Waals surface area contributed by atoms with E-state index in [-0.39, 0.29) is 10.7 Å². The maximum Gasteiger partial charge on any atom is 0.275 e. The molecule has 0 unspecified atom stereocenters. The Morgan fingerprint density at radius 2 is 2.00 bits per heavy atom. The van der Waals surface area contributed by atoms with Crippen LogP contribution >= 0.6 is 23.2 Å². The van der Waals surface area contributed by atoms with Gasteiger partial charge in [0.1, 0.15) is 0 Å². The molecule has 0 amide bonds. The van der Waals surface area contributed by atoms with Crippen molar-refractivity contribution in [2.24, 2.45) is 0 Å². The molecule has 0 aliphatic carbocycles. The van der Waals surface area contributed by atoms with Crippen LogP contribution in [0.15, 0.2) is 12.1 Å². The van der Waals surface area contributed by atoms with Crippen LogP contribution in [0.1, 0.15) is 5.56 Å². The minimum absolute atomic E-state index is 0.0486. The molecule has 0 bridgehead atoms. The van der Waals surface area contributed by atoms with Crippen LogP contribution in [0.2, 0.25) is 10.0 Å². The maximum atomic E-state index is 10.4. The van der Waals surface area contributed by atoms with Crippen LogP contribution in [0.5, 0.6) is 0 Å². The first-order chi connectivity index (χ1) is 5.52. The summed E-state index contributed by atoms with van der Waals surface area (Å²) in [5, 5.41) is 11.0. The van der Waals surface area contributed by atoms with Crippen molar-refractivity contribution in [3.8, 4) is 0 Å². The molecular weight excluding hydrogens is 201 g/mol. The summed E-state index contributed by atoms with van der Waals surface area (Å²) in [4.78, 5) is 9.91. The quantitative estimate of drug-likeness (QED) is 0.522. The second-order valence-electron chi connectivity index (χ2n) is 2.29. The van der Waals surface area contributed by atoms with Crippen LogP contribution in [-0.2, 0) is 0 Å². The number of rotatable bonds is 1. The first-order valence-corrected chi connectivity index (χ1v) is 3.88. The molecule has 0 spiro atoms. The van der Waals surface area contributed by atoms with Crippen LogP contribution in [0.25, 0.3) is 0 Å². The van der Waals surface area contributed by atoms with E-state index in [9.17, 15) is 10.1 Å². The van der Waals surface area contributed by atoms with Gasteiger partial charge in [0.05, 0.1) is 9.95 Å². The fourth-order valence-corrected chi connectivity index (χ4v) is 1.30. The van der Waals surface area contributed by atoms with E-state index in [4.69, 9.17) is 23.2 Å². The fraction of sp³-hybridized carbons (Fsp3) is 0.143. The molecule has 0 radical (unpaired) electrons. The van der Waals surface area contributed by atoms with Gasteiger partial charge in [-0.1, -0.05) is 23.2 Å². The van der Waals surface area contributed by atoms with E-state index in [0.29, 0.717) is 10.6 Å². The molecule has 1 aromatic rings. The Morgan fingerprint density at radius 1 is 1.42 bits per heavy atom. The second kappa shape index (κ2) is 3.29. The highest BCUT2D eigenvalue weighted by atomic mass is 35.5. The van der Waals surface area contributed by atoms with Gasteiger partial charge in [-0.3, -0.25) is 10.1 Å². The average molecular weight is 206 g/mol. The SMILES string of the molecule is Cc1c(Cl)cc(Cl)cc1[N+](=O)[O-]. The summed E-state index contributed by atoms with van der Waals surface area (Å²) in [6.45, 7) is 1.58. The third-order valence-electron chi connectivity index (χ3n) is 1.48. The first kappa shape index (κ1) is 9.29. The van der Waals surface area contributed by atoms with E-state index in [2.05, 4.69) is 0 Å². The van der Waals surface area contributed by atoms with Crippen LogP contribution in [0.3, 0.4) is 0 Å². The standard InChI is InChI=1S/C7H5Cl2NO2/c1-4-6(9)2-5(8)3-7(4)10(11)12/h2-3H,1H3. The normalized spacial score (nSPS) is 9.92. The van der Waals surface area contributed by atoms with Gasteiger partial charge in [-0.05, 0) is 13.0 Å². The molecule has 0 aliphatic rings. The van der Waals surface area contributed by atoms with Crippen molar-refractivity contribution in [3.63, 3.8) is 0 Å². The van der Waals surface area contributed by atoms with Gasteiger partial charge in [-0.2, -0.15) is 0 Å². The van der Waals surface area contributed by atoms with Gasteiger partial charge >= 0.3 is 0 Å². The third-order valence-corrected chi connectivity index (χ3v) is 2.09. The Labute approximate surface area is 79.1 Å². The highest BCUT2D eigenvalue weighted by Crippen LogP contribution is 2.29. The molecule has 0 aliphatic heterocycles. The Bertz CT molecular complexity index is 338. The summed E-state index contributed by atoms with van der Waals surface area (Å²) in [7, 11) is 0. The lowest BCUT2D eigenvalue weighted by atomic mass is 10.2. The lowest BCUT2D eigenvalue weighted by Gasteiger charge is -1.99. The molecule has 0 atom stereocenters. The number of nitrogens with zero attached hydrogens (tertiary/aromatic N) is 1. The molecule has 64 valence electrons. The minimum atomic E-state index is -0.507. The Balaban J connectivity index is 3.37. The lowest BCUT2D eigenvalue weighted by molar-refractivity contribution is -0.385. The summed E-state index contributed by atoms with van der Waals surface area (Å²) >= 11 is 11.3. The summed E-state index contributed by atoms with van der Waals surface area (Å²) in [5.74, 6) is 0. The van der Waals surface area contributed by atoms with Crippen LogP contribution in [0, 0.1) is 17.0 Å². The number of benzene rings is 1. The molecule has 0 saturated carbocycles. The number of hydrogen-bond acceptors (Lipinski definition) is 2. The van der Waals surface area contributed by atoms with Crippen molar-refractivity contribution >= 4 is 28.9 Å². The Morgan fingerprint density at radius 3 is 2.50 bits per heavy atom. The van der Waals surface area contributed by atoms with Crippen molar-refractivity contribution in [1.82, 2.24) is 0 Å². The molecule has 0 fully saturated rings. The van der Waals surface area contributed by atoms with Gasteiger partial charge in [0.15, 0.2) is 0 Å². The van der Waals surface area contributed by atoms with E-state index < -0.39 is 4.92 Å². The zero-order valence-corrected chi connectivity index (χ0v) is 7.69. The van der Waals surface area contributed by atoms with Crippen LogP contribution in [-0.4, -0.2) is 4.92 Å². The van der Waals surface area contributed by atoms with Crippen LogP contribution < -0.4 is 0 Å². The van der Waals surface area contributed by atoms with E-state index in [1.165, 1.54) is 12.1 Å². The molecule has 0 aromatic heterocycles. The highest BCUT2D eigenvalue weighted by Gasteiger charge is 2.13. The third kappa shape index (κ3) is 1.68. The first-order valence-electron chi connectivity index (χ1n) is 3.12. The number of nitro benzene ring substituents is 1. The van der Waals surface area contributed by atoms with Gasteiger partial charge in [0.2, 0.25) is 0 Å². The molecule has 3 nitrogen and oxygen atoms in total. The summed E-state index contributed by atoms with van der Waals surface area (Å²) < 4.78 is 0.